The molecule has 0 amide bonds. The van der Waals surface area contributed by atoms with Gasteiger partial charge in [0.1, 0.15) is 0 Å². The zero-order valence-corrected chi connectivity index (χ0v) is 20.5. The molecule has 0 radical (unpaired) electrons. The Morgan fingerprint density at radius 3 is 2.18 bits per heavy atom. The molecule has 180 valence electrons. The molecule has 1 unspecified atom stereocenters. The van der Waals surface area contributed by atoms with E-state index in [0.717, 1.165) is 37.0 Å². The van der Waals surface area contributed by atoms with E-state index in [1.165, 1.54) is 37.9 Å². The van der Waals surface area contributed by atoms with Crippen molar-refractivity contribution in [2.45, 2.75) is 50.0 Å². The summed E-state index contributed by atoms with van der Waals surface area (Å²) in [5, 5.41) is 3.28. The molecule has 0 spiro atoms. The van der Waals surface area contributed by atoms with Gasteiger partial charge in [0, 0.05) is 10.6 Å². The van der Waals surface area contributed by atoms with Gasteiger partial charge < -0.3 is 14.8 Å². The van der Waals surface area contributed by atoms with Crippen LogP contribution in [0.3, 0.4) is 0 Å². The van der Waals surface area contributed by atoms with Crippen molar-refractivity contribution in [3.8, 4) is 0 Å². The molecule has 1 aliphatic rings. The van der Waals surface area contributed by atoms with Crippen LogP contribution >= 0.6 is 11.5 Å². The van der Waals surface area contributed by atoms with Gasteiger partial charge in [-0.15, -0.1) is 0 Å². The van der Waals surface area contributed by atoms with Crippen molar-refractivity contribution in [1.29, 1.82) is 0 Å². The summed E-state index contributed by atoms with van der Waals surface area (Å²) in [5.41, 5.74) is 0.590. The number of benzene rings is 1. The fraction of sp³-hybridized carbons (Fsp3) is 0.500. The van der Waals surface area contributed by atoms with Gasteiger partial charge in [-0.05, 0) is 67.5 Å². The number of carbonyl (C=O) groups excluding carboxylic acids is 2. The fourth-order valence-corrected chi connectivity index (χ4v) is 5.70. The Bertz CT molecular complexity index is 1050. The van der Waals surface area contributed by atoms with Gasteiger partial charge in [0.25, 0.3) is 10.0 Å². The predicted molar refractivity (Wildman–Crippen MR) is 126 cm³/mol. The monoisotopic (exact) mass is 495 g/mol. The number of aryl methyl sites for hydroxylation is 1. The van der Waals surface area contributed by atoms with Crippen LogP contribution in [-0.2, 0) is 29.1 Å². The van der Waals surface area contributed by atoms with Crippen LogP contribution < -0.4 is 10.0 Å². The number of carbonyl (C=O) groups is 2. The molecule has 33 heavy (non-hydrogen) atoms. The zero-order chi connectivity index (χ0) is 24.0. The van der Waals surface area contributed by atoms with Crippen molar-refractivity contribution in [3.05, 3.63) is 35.2 Å². The first-order chi connectivity index (χ1) is 15.7. The largest absolute Gasteiger partial charge is 0.468 e. The Hall–Kier alpha value is -2.66. The maximum absolute atomic E-state index is 12.7. The number of anilines is 2. The molecule has 2 aromatic rings. The second-order valence-electron chi connectivity index (χ2n) is 8.04. The summed E-state index contributed by atoms with van der Waals surface area (Å²) in [7, 11) is -1.31. The second kappa shape index (κ2) is 11.0. The van der Waals surface area contributed by atoms with Crippen LogP contribution in [0.15, 0.2) is 35.2 Å². The highest BCUT2D eigenvalue weighted by atomic mass is 32.2. The number of hydrogen-bond acceptors (Lipinski definition) is 9. The molecule has 3 rings (SSSR count). The molecular formula is C22H29N3O6S2. The molecule has 0 bridgehead atoms. The Morgan fingerprint density at radius 1 is 1.06 bits per heavy atom. The predicted octanol–water partition coefficient (Wildman–Crippen LogP) is 3.58. The number of nitrogens with one attached hydrogen (secondary N) is 2. The van der Waals surface area contributed by atoms with Gasteiger partial charge in [-0.2, -0.15) is 4.37 Å². The minimum Gasteiger partial charge on any atom is -0.468 e. The summed E-state index contributed by atoms with van der Waals surface area (Å²) < 4.78 is 41.6. The summed E-state index contributed by atoms with van der Waals surface area (Å²) in [6.45, 7) is 1.84. The highest BCUT2D eigenvalue weighted by Crippen LogP contribution is 2.33. The molecule has 2 N–H and O–H groups in total. The summed E-state index contributed by atoms with van der Waals surface area (Å²) in [5.74, 6) is -2.10. The zero-order valence-electron chi connectivity index (χ0n) is 18.9. The number of nitrogens with zero attached hydrogens (tertiary/aromatic N) is 1. The maximum atomic E-state index is 12.7. The van der Waals surface area contributed by atoms with Gasteiger partial charge in [0.15, 0.2) is 11.7 Å². The molecule has 1 aromatic heterocycles. The molecular weight excluding hydrogens is 466 g/mol. The highest BCUT2D eigenvalue weighted by Gasteiger charge is 2.41. The summed E-state index contributed by atoms with van der Waals surface area (Å²) >= 11 is 1.21. The SMILES string of the molecule is COC(=O)C(C(=O)OC)C(Nc1ccc(S(=O)(=O)Nc2cc(C)sn2)cc1)C1CCCCC1. The van der Waals surface area contributed by atoms with Crippen molar-refractivity contribution in [1.82, 2.24) is 4.37 Å². The number of hydrogen-bond donors (Lipinski definition) is 2. The lowest BCUT2D eigenvalue weighted by Crippen LogP contribution is -2.46. The van der Waals surface area contributed by atoms with E-state index < -0.39 is 33.9 Å². The van der Waals surface area contributed by atoms with Crippen molar-refractivity contribution < 1.29 is 27.5 Å². The lowest BCUT2D eigenvalue weighted by Gasteiger charge is -2.34. The third-order valence-electron chi connectivity index (χ3n) is 5.79. The molecule has 11 heteroatoms. The van der Waals surface area contributed by atoms with Crippen molar-refractivity contribution in [3.63, 3.8) is 0 Å². The van der Waals surface area contributed by atoms with Gasteiger partial charge in [0.2, 0.25) is 0 Å². The fourth-order valence-electron chi connectivity index (χ4n) is 4.14. The first-order valence-electron chi connectivity index (χ1n) is 10.7. The van der Waals surface area contributed by atoms with Crippen LogP contribution in [0.4, 0.5) is 11.5 Å². The number of methoxy groups -OCH3 is 2. The Kier molecular flexibility index (Phi) is 8.30. The van der Waals surface area contributed by atoms with Gasteiger partial charge in [-0.3, -0.25) is 14.3 Å². The first-order valence-corrected chi connectivity index (χ1v) is 13.0. The number of aromatic nitrogens is 1. The topological polar surface area (TPSA) is 124 Å². The summed E-state index contributed by atoms with van der Waals surface area (Å²) in [6, 6.07) is 7.28. The number of rotatable bonds is 9. The standard InChI is InChI=1S/C22H29N3O6S2/c1-14-13-18(24-32-14)25-33(28,29)17-11-9-16(10-12-17)23-20(15-7-5-4-6-8-15)19(21(26)30-2)22(27)31-3/h9-13,15,19-20,23H,4-8H2,1-3H3,(H,24,25). The van der Waals surface area contributed by atoms with E-state index in [2.05, 4.69) is 14.4 Å². The normalized spacial score (nSPS) is 15.6. The van der Waals surface area contributed by atoms with Crippen molar-refractivity contribution in [2.24, 2.45) is 11.8 Å². The molecule has 0 saturated heterocycles. The van der Waals surface area contributed by atoms with Crippen LogP contribution in [0.2, 0.25) is 0 Å². The average molecular weight is 496 g/mol. The van der Waals surface area contributed by atoms with Gasteiger partial charge in [-0.25, -0.2) is 8.42 Å². The van der Waals surface area contributed by atoms with Crippen molar-refractivity contribution in [2.75, 3.05) is 24.3 Å². The molecule has 1 aromatic carbocycles. The van der Waals surface area contributed by atoms with Gasteiger partial charge in [-0.1, -0.05) is 19.3 Å². The average Bonchev–Trinajstić information content (AvgIpc) is 3.22. The van der Waals surface area contributed by atoms with E-state index >= 15 is 0 Å². The van der Waals surface area contributed by atoms with E-state index in [1.54, 1.807) is 18.2 Å². The second-order valence-corrected chi connectivity index (χ2v) is 10.7. The smallest absolute Gasteiger partial charge is 0.322 e. The van der Waals surface area contributed by atoms with E-state index in [4.69, 9.17) is 9.47 Å². The Balaban J connectivity index is 1.83. The minimum atomic E-state index is -3.80. The Morgan fingerprint density at radius 2 is 1.67 bits per heavy atom. The quantitative estimate of drug-likeness (QED) is 0.400. The van der Waals surface area contributed by atoms with Gasteiger partial charge >= 0.3 is 11.9 Å². The van der Waals surface area contributed by atoms with E-state index in [9.17, 15) is 18.0 Å². The highest BCUT2D eigenvalue weighted by molar-refractivity contribution is 7.92. The molecule has 1 aliphatic carbocycles. The summed E-state index contributed by atoms with van der Waals surface area (Å²) in [4.78, 5) is 26.0. The van der Waals surface area contributed by atoms with E-state index in [0.29, 0.717) is 5.69 Å². The molecule has 1 atom stereocenters. The van der Waals surface area contributed by atoms with E-state index in [1.807, 2.05) is 6.92 Å². The van der Waals surface area contributed by atoms with Crippen molar-refractivity contribution >= 4 is 45.0 Å². The Labute approximate surface area is 198 Å². The minimum absolute atomic E-state index is 0.0694. The van der Waals surface area contributed by atoms with Crippen LogP contribution in [0, 0.1) is 18.8 Å². The third-order valence-corrected chi connectivity index (χ3v) is 7.86. The van der Waals surface area contributed by atoms with Crippen LogP contribution in [0.1, 0.15) is 37.0 Å². The molecule has 9 nitrogen and oxygen atoms in total. The number of esters is 2. The number of ether oxygens (including phenoxy) is 2. The van der Waals surface area contributed by atoms with E-state index in [-0.39, 0.29) is 16.6 Å². The molecule has 0 aliphatic heterocycles. The number of sulfonamides is 1. The molecule has 1 heterocycles. The van der Waals surface area contributed by atoms with Gasteiger partial charge in [0.05, 0.1) is 25.2 Å². The molecule has 1 saturated carbocycles. The van der Waals surface area contributed by atoms with Crippen LogP contribution in [0.25, 0.3) is 0 Å². The lowest BCUT2D eigenvalue weighted by molar-refractivity contribution is -0.160. The lowest BCUT2D eigenvalue weighted by atomic mass is 9.78. The van der Waals surface area contributed by atoms with Crippen LogP contribution in [-0.4, -0.2) is 45.0 Å². The summed E-state index contributed by atoms with van der Waals surface area (Å²) in [6.07, 6.45) is 4.87. The third kappa shape index (κ3) is 6.23. The first kappa shape index (κ1) is 25.0. The molecule has 1 fully saturated rings. The van der Waals surface area contributed by atoms with Crippen LogP contribution in [0.5, 0.6) is 0 Å². The maximum Gasteiger partial charge on any atom is 0.322 e.